The molecule has 2 unspecified atom stereocenters. The Kier molecular flexibility index (Phi) is 11.5. The Hall–Kier alpha value is -2.70. The maximum absolute atomic E-state index is 10.6. The molecule has 0 saturated carbocycles. The van der Waals surface area contributed by atoms with Crippen molar-refractivity contribution in [2.45, 2.75) is 60.2 Å². The number of rotatable bonds is 4. The van der Waals surface area contributed by atoms with E-state index in [0.29, 0.717) is 17.5 Å². The number of carboxylic acids is 2. The van der Waals surface area contributed by atoms with Crippen molar-refractivity contribution in [1.29, 1.82) is 0 Å². The van der Waals surface area contributed by atoms with Crippen LogP contribution in [0.1, 0.15) is 63.2 Å². The zero-order valence-corrected chi connectivity index (χ0v) is 17.9. The van der Waals surface area contributed by atoms with Crippen LogP contribution in [0.4, 0.5) is 0 Å². The van der Waals surface area contributed by atoms with E-state index in [1.165, 1.54) is 0 Å². The van der Waals surface area contributed by atoms with Crippen molar-refractivity contribution in [2.75, 3.05) is 0 Å². The highest BCUT2D eigenvalue weighted by Crippen LogP contribution is 2.13. The molecule has 0 heterocycles. The van der Waals surface area contributed by atoms with Gasteiger partial charge in [-0.2, -0.15) is 0 Å². The van der Waals surface area contributed by atoms with Gasteiger partial charge in [0.1, 0.15) is 0 Å². The van der Waals surface area contributed by atoms with Gasteiger partial charge in [-0.3, -0.25) is 0 Å². The molecule has 2 rings (SSSR count). The zero-order chi connectivity index (χ0) is 22.7. The molecule has 2 aromatic carbocycles. The highest BCUT2D eigenvalue weighted by molar-refractivity contribution is 5.91. The number of aryl methyl sites for hydroxylation is 4. The van der Waals surface area contributed by atoms with Crippen LogP contribution in [0.2, 0.25) is 0 Å². The largest absolute Gasteiger partial charge is 0.478 e. The molecule has 160 valence electrons. The fraction of sp³-hybridized carbons (Fsp3) is 0.391. The van der Waals surface area contributed by atoms with E-state index in [-0.39, 0.29) is 12.2 Å². The first-order valence-corrected chi connectivity index (χ1v) is 9.33. The summed E-state index contributed by atoms with van der Waals surface area (Å²) >= 11 is 0. The van der Waals surface area contributed by atoms with Crippen molar-refractivity contribution in [2.24, 2.45) is 0 Å². The van der Waals surface area contributed by atoms with Gasteiger partial charge < -0.3 is 20.4 Å². The third-order valence-corrected chi connectivity index (χ3v) is 4.07. The monoisotopic (exact) mass is 404 g/mol. The molecule has 0 fully saturated rings. The third-order valence-electron chi connectivity index (χ3n) is 4.07. The molecule has 6 heteroatoms. The average molecular weight is 405 g/mol. The smallest absolute Gasteiger partial charge is 0.336 e. The molecule has 2 aromatic rings. The van der Waals surface area contributed by atoms with Gasteiger partial charge in [0.2, 0.25) is 0 Å². The lowest BCUT2D eigenvalue weighted by molar-refractivity contribution is 0.0684. The quantitative estimate of drug-likeness (QED) is 0.609. The summed E-state index contributed by atoms with van der Waals surface area (Å²) in [5.41, 5.74) is 4.12. The lowest BCUT2D eigenvalue weighted by atomic mass is 10.0. The first-order valence-electron chi connectivity index (χ1n) is 9.33. The molecule has 0 spiro atoms. The third kappa shape index (κ3) is 9.87. The molecule has 0 aliphatic rings. The molecule has 0 aliphatic heterocycles. The van der Waals surface area contributed by atoms with Gasteiger partial charge in [-0.15, -0.1) is 0 Å². The van der Waals surface area contributed by atoms with E-state index in [0.717, 1.165) is 22.3 Å². The SMILES string of the molecule is CC(O)CC(C)O.Cc1cccc(C)c1C(=O)O.Cc1cccc(C)c1C(=O)O. The molecule has 0 radical (unpaired) electrons. The van der Waals surface area contributed by atoms with Crippen LogP contribution in [0.3, 0.4) is 0 Å². The summed E-state index contributed by atoms with van der Waals surface area (Å²) in [7, 11) is 0. The lowest BCUT2D eigenvalue weighted by Crippen LogP contribution is -2.10. The fourth-order valence-electron chi connectivity index (χ4n) is 2.80. The summed E-state index contributed by atoms with van der Waals surface area (Å²) in [6, 6.07) is 10.9. The van der Waals surface area contributed by atoms with Crippen molar-refractivity contribution in [3.63, 3.8) is 0 Å². The molecule has 29 heavy (non-hydrogen) atoms. The van der Waals surface area contributed by atoms with E-state index in [1.807, 2.05) is 12.1 Å². The van der Waals surface area contributed by atoms with Crippen LogP contribution < -0.4 is 0 Å². The summed E-state index contributed by atoms with van der Waals surface area (Å²) in [5.74, 6) is -1.69. The minimum absolute atomic E-state index is 0.375. The molecule has 0 bridgehead atoms. The second kappa shape index (κ2) is 12.7. The Morgan fingerprint density at radius 3 is 1.03 bits per heavy atom. The number of aromatic carboxylic acids is 2. The van der Waals surface area contributed by atoms with Crippen molar-refractivity contribution in [3.05, 3.63) is 69.8 Å². The normalized spacial score (nSPS) is 11.9. The van der Waals surface area contributed by atoms with Gasteiger partial charge in [-0.1, -0.05) is 36.4 Å². The minimum atomic E-state index is -0.847. The maximum Gasteiger partial charge on any atom is 0.336 e. The van der Waals surface area contributed by atoms with Crippen LogP contribution in [0.15, 0.2) is 36.4 Å². The Morgan fingerprint density at radius 2 is 0.931 bits per heavy atom. The Balaban J connectivity index is 0.000000419. The second-order valence-electron chi connectivity index (χ2n) is 7.08. The van der Waals surface area contributed by atoms with E-state index < -0.39 is 11.9 Å². The predicted octanol–water partition coefficient (Wildman–Crippen LogP) is 4.14. The van der Waals surface area contributed by atoms with Gasteiger partial charge in [-0.05, 0) is 70.2 Å². The fourth-order valence-corrected chi connectivity index (χ4v) is 2.80. The first-order chi connectivity index (χ1) is 13.4. The van der Waals surface area contributed by atoms with Crippen molar-refractivity contribution in [3.8, 4) is 0 Å². The van der Waals surface area contributed by atoms with E-state index in [4.69, 9.17) is 20.4 Å². The first kappa shape index (κ1) is 26.3. The average Bonchev–Trinajstić information content (AvgIpc) is 2.53. The van der Waals surface area contributed by atoms with Crippen molar-refractivity contribution >= 4 is 11.9 Å². The summed E-state index contributed by atoms with van der Waals surface area (Å²) in [6.07, 6.45) is -0.278. The number of aliphatic hydroxyl groups excluding tert-OH is 2. The molecule has 6 nitrogen and oxygen atoms in total. The van der Waals surface area contributed by atoms with E-state index in [2.05, 4.69) is 0 Å². The van der Waals surface area contributed by atoms with Gasteiger partial charge >= 0.3 is 11.9 Å². The minimum Gasteiger partial charge on any atom is -0.478 e. The predicted molar refractivity (Wildman–Crippen MR) is 114 cm³/mol. The van der Waals surface area contributed by atoms with Crippen LogP contribution in [-0.2, 0) is 0 Å². The topological polar surface area (TPSA) is 115 Å². The van der Waals surface area contributed by atoms with Crippen LogP contribution in [0.25, 0.3) is 0 Å². The molecule has 2 atom stereocenters. The number of aliphatic hydroxyl groups is 2. The summed E-state index contributed by atoms with van der Waals surface area (Å²) < 4.78 is 0. The van der Waals surface area contributed by atoms with Crippen LogP contribution in [-0.4, -0.2) is 44.6 Å². The van der Waals surface area contributed by atoms with Crippen LogP contribution in [0.5, 0.6) is 0 Å². The molecule has 0 aliphatic carbocycles. The molecule has 0 amide bonds. The number of benzene rings is 2. The Labute approximate surface area is 172 Å². The standard InChI is InChI=1S/2C9H10O2.C5H12O2/c2*1-6-4-3-5-7(2)8(6)9(10)11;1-4(6)3-5(2)7/h2*3-5H,1-2H3,(H,10,11);4-7H,3H2,1-2H3. The van der Waals surface area contributed by atoms with Gasteiger partial charge in [0.25, 0.3) is 0 Å². The summed E-state index contributed by atoms with van der Waals surface area (Å²) in [4.78, 5) is 21.3. The number of hydrogen-bond donors (Lipinski definition) is 4. The zero-order valence-electron chi connectivity index (χ0n) is 17.9. The van der Waals surface area contributed by atoms with Gasteiger partial charge in [0.15, 0.2) is 0 Å². The summed E-state index contributed by atoms with van der Waals surface area (Å²) in [5, 5.41) is 34.6. The van der Waals surface area contributed by atoms with E-state index in [1.54, 1.807) is 65.8 Å². The highest BCUT2D eigenvalue weighted by Gasteiger charge is 2.09. The lowest BCUT2D eigenvalue weighted by Gasteiger charge is -2.04. The van der Waals surface area contributed by atoms with Gasteiger partial charge in [0, 0.05) is 0 Å². The number of carboxylic acid groups (broad SMARTS) is 2. The number of hydrogen-bond acceptors (Lipinski definition) is 4. The Bertz CT molecular complexity index is 701. The van der Waals surface area contributed by atoms with Gasteiger partial charge in [-0.25, -0.2) is 9.59 Å². The van der Waals surface area contributed by atoms with Crippen LogP contribution in [0, 0.1) is 27.7 Å². The van der Waals surface area contributed by atoms with E-state index in [9.17, 15) is 9.59 Å². The maximum atomic E-state index is 10.6. The van der Waals surface area contributed by atoms with Crippen LogP contribution >= 0.6 is 0 Å². The molecule has 4 N–H and O–H groups in total. The molecular weight excluding hydrogens is 372 g/mol. The van der Waals surface area contributed by atoms with Crippen molar-refractivity contribution in [1.82, 2.24) is 0 Å². The summed E-state index contributed by atoms with van der Waals surface area (Å²) in [6.45, 7) is 10.5. The molecular formula is C23H32O6. The van der Waals surface area contributed by atoms with E-state index >= 15 is 0 Å². The molecule has 0 saturated heterocycles. The number of carbonyl (C=O) groups is 2. The second-order valence-corrected chi connectivity index (χ2v) is 7.08. The van der Waals surface area contributed by atoms with Gasteiger partial charge in [0.05, 0.1) is 23.3 Å². The van der Waals surface area contributed by atoms with Crippen molar-refractivity contribution < 1.29 is 30.0 Å². The highest BCUT2D eigenvalue weighted by atomic mass is 16.4. The molecule has 0 aromatic heterocycles. The Morgan fingerprint density at radius 1 is 0.690 bits per heavy atom.